The van der Waals surface area contributed by atoms with E-state index in [9.17, 15) is 4.79 Å². The molecule has 4 nitrogen and oxygen atoms in total. The van der Waals surface area contributed by atoms with E-state index in [1.165, 1.54) is 58.2 Å². The first kappa shape index (κ1) is 15.8. The van der Waals surface area contributed by atoms with Crippen LogP contribution in [0.4, 0.5) is 0 Å². The molecule has 2 saturated heterocycles. The van der Waals surface area contributed by atoms with Gasteiger partial charge in [-0.25, -0.2) is 0 Å². The molecule has 4 heteroatoms. The molecule has 2 aliphatic rings. The maximum absolute atomic E-state index is 10.0. The summed E-state index contributed by atoms with van der Waals surface area (Å²) in [5.74, 6) is 1.69. The van der Waals surface area contributed by atoms with Crippen molar-refractivity contribution in [2.45, 2.75) is 44.9 Å². The minimum atomic E-state index is 0.785. The summed E-state index contributed by atoms with van der Waals surface area (Å²) in [6.07, 6.45) is 10.7. The van der Waals surface area contributed by atoms with Crippen LogP contribution >= 0.6 is 0 Å². The number of rotatable bonds is 9. The normalized spacial score (nSPS) is 24.9. The number of likely N-dealkylation sites (tertiary alicyclic amines) is 1. The Morgan fingerprint density at radius 2 is 1.90 bits per heavy atom. The van der Waals surface area contributed by atoms with Crippen LogP contribution in [0.15, 0.2) is 0 Å². The number of carbonyl (C=O) groups excluding carboxylic acids is 1. The largest absolute Gasteiger partial charge is 0.381 e. The summed E-state index contributed by atoms with van der Waals surface area (Å²) in [6.45, 7) is 6.55. The Balaban J connectivity index is 1.47. The Morgan fingerprint density at radius 3 is 2.60 bits per heavy atom. The molecule has 2 heterocycles. The molecule has 0 aromatic heterocycles. The number of hydrogen-bond acceptors (Lipinski definition) is 3. The standard InChI is InChI=1S/C16H29N2O2/c19-14-17-8-1-3-15-5-10-18(11-6-15)9-2-4-16-7-12-20-13-16/h15-16H,1-13H2,(H,17,19). The fraction of sp³-hybridized carbons (Fsp3) is 0.938. The summed E-state index contributed by atoms with van der Waals surface area (Å²) in [5.41, 5.74) is 0. The zero-order valence-electron chi connectivity index (χ0n) is 12.6. The molecule has 0 spiro atoms. The van der Waals surface area contributed by atoms with E-state index in [-0.39, 0.29) is 0 Å². The van der Waals surface area contributed by atoms with Crippen LogP contribution in [-0.2, 0) is 9.53 Å². The minimum Gasteiger partial charge on any atom is -0.381 e. The lowest BCUT2D eigenvalue weighted by molar-refractivity contribution is 0.166. The Kier molecular flexibility index (Phi) is 7.37. The second-order valence-electron chi connectivity index (χ2n) is 6.33. The highest BCUT2D eigenvalue weighted by molar-refractivity contribution is 5.46. The fourth-order valence-corrected chi connectivity index (χ4v) is 3.44. The number of nitrogens with zero attached hydrogens (tertiary/aromatic N) is 1. The average molecular weight is 281 g/mol. The zero-order valence-corrected chi connectivity index (χ0v) is 12.6. The van der Waals surface area contributed by atoms with E-state index >= 15 is 0 Å². The molecule has 1 amide bonds. The third kappa shape index (κ3) is 5.80. The van der Waals surface area contributed by atoms with Crippen molar-refractivity contribution < 1.29 is 9.53 Å². The van der Waals surface area contributed by atoms with Crippen LogP contribution in [0.25, 0.3) is 0 Å². The quantitative estimate of drug-likeness (QED) is 0.519. The minimum absolute atomic E-state index is 0.785. The van der Waals surface area contributed by atoms with E-state index in [0.717, 1.165) is 38.0 Å². The van der Waals surface area contributed by atoms with Crippen molar-refractivity contribution in [1.82, 2.24) is 10.2 Å². The molecule has 1 radical (unpaired) electrons. The molecule has 0 bridgehead atoms. The first-order chi connectivity index (χ1) is 9.88. The van der Waals surface area contributed by atoms with Gasteiger partial charge in [-0.05, 0) is 76.4 Å². The van der Waals surface area contributed by atoms with Crippen LogP contribution in [0.5, 0.6) is 0 Å². The number of hydrogen-bond donors (Lipinski definition) is 1. The van der Waals surface area contributed by atoms with Crippen molar-refractivity contribution in [2.75, 3.05) is 39.4 Å². The molecule has 20 heavy (non-hydrogen) atoms. The van der Waals surface area contributed by atoms with E-state index in [1.54, 1.807) is 6.41 Å². The lowest BCUT2D eigenvalue weighted by Gasteiger charge is -2.32. The van der Waals surface area contributed by atoms with Crippen LogP contribution in [0.1, 0.15) is 44.9 Å². The third-order valence-corrected chi connectivity index (χ3v) is 4.80. The monoisotopic (exact) mass is 281 g/mol. The van der Waals surface area contributed by atoms with Gasteiger partial charge in [0.1, 0.15) is 0 Å². The number of amides is 1. The molecule has 2 aliphatic heterocycles. The molecule has 0 aliphatic carbocycles. The highest BCUT2D eigenvalue weighted by atomic mass is 16.5. The van der Waals surface area contributed by atoms with Crippen LogP contribution in [0, 0.1) is 11.8 Å². The summed E-state index contributed by atoms with van der Waals surface area (Å²) in [6, 6.07) is 0. The molecule has 0 aromatic rings. The van der Waals surface area contributed by atoms with Gasteiger partial charge in [0, 0.05) is 19.8 Å². The van der Waals surface area contributed by atoms with Crippen molar-refractivity contribution in [2.24, 2.45) is 11.8 Å². The average Bonchev–Trinajstić information content (AvgIpc) is 2.98. The fourth-order valence-electron chi connectivity index (χ4n) is 3.44. The second-order valence-corrected chi connectivity index (χ2v) is 6.33. The molecule has 0 aromatic carbocycles. The van der Waals surface area contributed by atoms with Crippen LogP contribution in [0.3, 0.4) is 0 Å². The van der Waals surface area contributed by atoms with Crippen molar-refractivity contribution in [3.63, 3.8) is 0 Å². The number of ether oxygens (including phenoxy) is 1. The first-order valence-electron chi connectivity index (χ1n) is 8.28. The summed E-state index contributed by atoms with van der Waals surface area (Å²) in [4.78, 5) is 12.7. The Labute approximate surface area is 123 Å². The molecule has 1 atom stereocenters. The van der Waals surface area contributed by atoms with E-state index < -0.39 is 0 Å². The molecule has 2 fully saturated rings. The van der Waals surface area contributed by atoms with Crippen molar-refractivity contribution in [3.8, 4) is 0 Å². The smallest absolute Gasteiger partial charge is 0.309 e. The molecular formula is C16H29N2O2. The molecule has 115 valence electrons. The zero-order chi connectivity index (χ0) is 14.0. The SMILES string of the molecule is O=[C]NCCCC1CCN(CCCC2CCOC2)CC1. The van der Waals surface area contributed by atoms with E-state index in [0.29, 0.717) is 0 Å². The van der Waals surface area contributed by atoms with Crippen molar-refractivity contribution in [1.29, 1.82) is 0 Å². The van der Waals surface area contributed by atoms with Gasteiger partial charge in [0.05, 0.1) is 0 Å². The predicted octanol–water partition coefficient (Wildman–Crippen LogP) is 1.95. The second kappa shape index (κ2) is 9.35. The van der Waals surface area contributed by atoms with E-state index in [1.807, 2.05) is 0 Å². The Morgan fingerprint density at radius 1 is 1.10 bits per heavy atom. The van der Waals surface area contributed by atoms with Crippen LogP contribution in [0.2, 0.25) is 0 Å². The molecular weight excluding hydrogens is 252 g/mol. The van der Waals surface area contributed by atoms with Gasteiger partial charge in [0.15, 0.2) is 0 Å². The summed E-state index contributed by atoms with van der Waals surface area (Å²) < 4.78 is 5.43. The number of piperidine rings is 1. The van der Waals surface area contributed by atoms with E-state index in [2.05, 4.69) is 10.2 Å². The van der Waals surface area contributed by atoms with Gasteiger partial charge in [0.25, 0.3) is 0 Å². The number of nitrogens with one attached hydrogen (secondary N) is 1. The predicted molar refractivity (Wildman–Crippen MR) is 80.3 cm³/mol. The Bertz CT molecular complexity index is 259. The van der Waals surface area contributed by atoms with Gasteiger partial charge in [-0.2, -0.15) is 0 Å². The van der Waals surface area contributed by atoms with Crippen molar-refractivity contribution in [3.05, 3.63) is 0 Å². The van der Waals surface area contributed by atoms with Gasteiger partial charge in [-0.15, -0.1) is 0 Å². The van der Waals surface area contributed by atoms with Crippen LogP contribution in [-0.4, -0.2) is 50.7 Å². The highest BCUT2D eigenvalue weighted by Crippen LogP contribution is 2.23. The van der Waals surface area contributed by atoms with Gasteiger partial charge >= 0.3 is 6.41 Å². The molecule has 1 N–H and O–H groups in total. The molecule has 1 unspecified atom stereocenters. The van der Waals surface area contributed by atoms with Gasteiger partial charge in [-0.1, -0.05) is 0 Å². The maximum Gasteiger partial charge on any atom is 0.309 e. The lowest BCUT2D eigenvalue weighted by Crippen LogP contribution is -2.34. The first-order valence-corrected chi connectivity index (χ1v) is 8.28. The van der Waals surface area contributed by atoms with E-state index in [4.69, 9.17) is 4.74 Å². The summed E-state index contributed by atoms with van der Waals surface area (Å²) in [5, 5.41) is 2.63. The van der Waals surface area contributed by atoms with Gasteiger partial charge in [0.2, 0.25) is 0 Å². The Hall–Kier alpha value is -0.610. The summed E-state index contributed by atoms with van der Waals surface area (Å²) >= 11 is 0. The highest BCUT2D eigenvalue weighted by Gasteiger charge is 2.19. The summed E-state index contributed by atoms with van der Waals surface area (Å²) in [7, 11) is 0. The lowest BCUT2D eigenvalue weighted by atomic mass is 9.92. The van der Waals surface area contributed by atoms with Crippen molar-refractivity contribution >= 4 is 6.41 Å². The van der Waals surface area contributed by atoms with Crippen LogP contribution < -0.4 is 5.32 Å². The topological polar surface area (TPSA) is 41.6 Å². The van der Waals surface area contributed by atoms with Gasteiger partial charge in [-0.3, -0.25) is 4.79 Å². The molecule has 2 rings (SSSR count). The maximum atomic E-state index is 10.0. The van der Waals surface area contributed by atoms with Gasteiger partial charge < -0.3 is 15.0 Å². The third-order valence-electron chi connectivity index (χ3n) is 4.80. The molecule has 0 saturated carbocycles.